The number of nitrogens with zero attached hydrogens (tertiary/aromatic N) is 2. The molecule has 0 fully saturated rings. The lowest BCUT2D eigenvalue weighted by Crippen LogP contribution is -2.20. The van der Waals surface area contributed by atoms with Crippen LogP contribution in [0.15, 0.2) is 79.0 Å². The van der Waals surface area contributed by atoms with Gasteiger partial charge in [-0.2, -0.15) is 5.10 Å². The van der Waals surface area contributed by atoms with Crippen molar-refractivity contribution in [2.24, 2.45) is 0 Å². The van der Waals surface area contributed by atoms with Gasteiger partial charge in [0.2, 0.25) is 6.10 Å². The summed E-state index contributed by atoms with van der Waals surface area (Å²) in [4.78, 5) is 12.2. The number of hydrogen-bond acceptors (Lipinski definition) is 4. The Hall–Kier alpha value is -3.67. The smallest absolute Gasteiger partial charge is 0.351 e. The molecule has 0 amide bonds. The lowest BCUT2D eigenvalue weighted by atomic mass is 10.1. The number of carbonyl (C=O) groups is 1. The molecule has 1 heterocycles. The SMILES string of the molecule is COC(=O)[C@H](Oc1ccc2c(cnn2-c2ccc(F)cc2)c1)c1ccccc1. The summed E-state index contributed by atoms with van der Waals surface area (Å²) in [6, 6.07) is 20.7. The predicted molar refractivity (Wildman–Crippen MR) is 103 cm³/mol. The number of methoxy groups -OCH3 is 1. The average Bonchev–Trinajstić information content (AvgIpc) is 3.16. The van der Waals surface area contributed by atoms with Crippen molar-refractivity contribution >= 4 is 16.9 Å². The summed E-state index contributed by atoms with van der Waals surface area (Å²) in [5, 5.41) is 5.20. The molecule has 4 rings (SSSR count). The zero-order valence-corrected chi connectivity index (χ0v) is 15.1. The number of carbonyl (C=O) groups excluding carboxylic acids is 1. The van der Waals surface area contributed by atoms with Crippen LogP contribution in [0.25, 0.3) is 16.6 Å². The Morgan fingerprint density at radius 2 is 1.79 bits per heavy atom. The second-order valence-electron chi connectivity index (χ2n) is 6.19. The van der Waals surface area contributed by atoms with E-state index >= 15 is 0 Å². The second-order valence-corrected chi connectivity index (χ2v) is 6.19. The number of aromatic nitrogens is 2. The molecule has 0 unspecified atom stereocenters. The van der Waals surface area contributed by atoms with E-state index < -0.39 is 12.1 Å². The van der Waals surface area contributed by atoms with Crippen LogP contribution in [0.1, 0.15) is 11.7 Å². The Morgan fingerprint density at radius 1 is 1.04 bits per heavy atom. The van der Waals surface area contributed by atoms with Crippen molar-refractivity contribution in [2.75, 3.05) is 7.11 Å². The molecule has 3 aromatic carbocycles. The first kappa shape index (κ1) is 17.7. The summed E-state index contributed by atoms with van der Waals surface area (Å²) >= 11 is 0. The van der Waals surface area contributed by atoms with E-state index in [4.69, 9.17) is 9.47 Å². The van der Waals surface area contributed by atoms with Crippen LogP contribution in [-0.4, -0.2) is 22.9 Å². The topological polar surface area (TPSA) is 53.4 Å². The van der Waals surface area contributed by atoms with Gasteiger partial charge in [-0.1, -0.05) is 30.3 Å². The Kier molecular flexibility index (Phi) is 4.76. The molecule has 0 aliphatic carbocycles. The normalized spacial score (nSPS) is 11.9. The summed E-state index contributed by atoms with van der Waals surface area (Å²) in [5.41, 5.74) is 2.30. The van der Waals surface area contributed by atoms with Gasteiger partial charge in [0.1, 0.15) is 11.6 Å². The zero-order valence-electron chi connectivity index (χ0n) is 15.1. The van der Waals surface area contributed by atoms with E-state index in [1.165, 1.54) is 19.2 Å². The molecule has 1 atom stereocenters. The molecule has 6 heteroatoms. The first-order chi connectivity index (χ1) is 13.7. The molecule has 0 bridgehead atoms. The predicted octanol–water partition coefficient (Wildman–Crippen LogP) is 4.46. The third-order valence-electron chi connectivity index (χ3n) is 4.38. The van der Waals surface area contributed by atoms with Crippen molar-refractivity contribution in [3.8, 4) is 11.4 Å². The Bertz CT molecular complexity index is 1110. The van der Waals surface area contributed by atoms with Gasteiger partial charge in [0.05, 0.1) is 24.5 Å². The highest BCUT2D eigenvalue weighted by atomic mass is 19.1. The lowest BCUT2D eigenvalue weighted by Gasteiger charge is -2.17. The van der Waals surface area contributed by atoms with Crippen LogP contribution in [0.4, 0.5) is 4.39 Å². The maximum atomic E-state index is 13.2. The molecule has 1 aromatic heterocycles. The van der Waals surface area contributed by atoms with E-state index in [1.807, 2.05) is 36.4 Å². The second kappa shape index (κ2) is 7.52. The number of rotatable bonds is 5. The Balaban J connectivity index is 1.66. The molecule has 0 saturated carbocycles. The molecule has 0 N–H and O–H groups in total. The monoisotopic (exact) mass is 376 g/mol. The largest absolute Gasteiger partial charge is 0.474 e. The van der Waals surface area contributed by atoms with Crippen LogP contribution in [0, 0.1) is 5.82 Å². The number of esters is 1. The van der Waals surface area contributed by atoms with Crippen LogP contribution < -0.4 is 4.74 Å². The molecular formula is C22H17FN2O3. The van der Waals surface area contributed by atoms with Gasteiger partial charge in [0, 0.05) is 10.9 Å². The minimum Gasteiger partial charge on any atom is -0.474 e. The standard InChI is InChI=1S/C22H17FN2O3/c1-27-22(26)21(15-5-3-2-4-6-15)28-19-11-12-20-16(13-19)14-24-25(20)18-9-7-17(23)8-10-18/h2-14,21H,1H3/t21-/m1/s1. The fraction of sp³-hybridized carbons (Fsp3) is 0.0909. The summed E-state index contributed by atoms with van der Waals surface area (Å²) < 4.78 is 25.7. The highest BCUT2D eigenvalue weighted by Gasteiger charge is 2.23. The van der Waals surface area contributed by atoms with Crippen LogP contribution in [-0.2, 0) is 9.53 Å². The molecular weight excluding hydrogens is 359 g/mol. The van der Waals surface area contributed by atoms with Crippen molar-refractivity contribution in [3.63, 3.8) is 0 Å². The van der Waals surface area contributed by atoms with Crippen molar-refractivity contribution in [2.45, 2.75) is 6.10 Å². The van der Waals surface area contributed by atoms with Crippen molar-refractivity contribution in [1.29, 1.82) is 0 Å². The van der Waals surface area contributed by atoms with Gasteiger partial charge in [0.15, 0.2) is 0 Å². The van der Waals surface area contributed by atoms with Gasteiger partial charge in [-0.05, 0) is 42.5 Å². The zero-order chi connectivity index (χ0) is 19.5. The van der Waals surface area contributed by atoms with Gasteiger partial charge in [-0.15, -0.1) is 0 Å². The quantitative estimate of drug-likeness (QED) is 0.483. The van der Waals surface area contributed by atoms with Gasteiger partial charge >= 0.3 is 5.97 Å². The first-order valence-electron chi connectivity index (χ1n) is 8.69. The summed E-state index contributed by atoms with van der Waals surface area (Å²) in [7, 11) is 1.33. The molecule has 0 radical (unpaired) electrons. The van der Waals surface area contributed by atoms with Crippen LogP contribution in [0.2, 0.25) is 0 Å². The number of ether oxygens (including phenoxy) is 2. The average molecular weight is 376 g/mol. The van der Waals surface area contributed by atoms with E-state index in [-0.39, 0.29) is 5.82 Å². The molecule has 140 valence electrons. The molecule has 28 heavy (non-hydrogen) atoms. The highest BCUT2D eigenvalue weighted by molar-refractivity contribution is 5.82. The Morgan fingerprint density at radius 3 is 2.50 bits per heavy atom. The first-order valence-corrected chi connectivity index (χ1v) is 8.69. The maximum absolute atomic E-state index is 13.2. The third-order valence-corrected chi connectivity index (χ3v) is 4.38. The van der Waals surface area contributed by atoms with E-state index in [1.54, 1.807) is 35.1 Å². The fourth-order valence-corrected chi connectivity index (χ4v) is 3.00. The minimum absolute atomic E-state index is 0.300. The Labute approximate surface area is 160 Å². The number of halogens is 1. The molecule has 0 saturated heterocycles. The van der Waals surface area contributed by atoms with Crippen LogP contribution in [0.5, 0.6) is 5.75 Å². The molecule has 5 nitrogen and oxygen atoms in total. The van der Waals surface area contributed by atoms with Crippen LogP contribution >= 0.6 is 0 Å². The van der Waals surface area contributed by atoms with Gasteiger partial charge in [-0.25, -0.2) is 13.9 Å². The summed E-state index contributed by atoms with van der Waals surface area (Å²) in [6.45, 7) is 0. The lowest BCUT2D eigenvalue weighted by molar-refractivity contribution is -0.149. The van der Waals surface area contributed by atoms with E-state index in [2.05, 4.69) is 5.10 Å². The van der Waals surface area contributed by atoms with Gasteiger partial charge < -0.3 is 9.47 Å². The molecule has 0 aliphatic rings. The van der Waals surface area contributed by atoms with Crippen LogP contribution in [0.3, 0.4) is 0 Å². The fourth-order valence-electron chi connectivity index (χ4n) is 3.00. The van der Waals surface area contributed by atoms with Crippen molar-refractivity contribution in [1.82, 2.24) is 9.78 Å². The van der Waals surface area contributed by atoms with Crippen molar-refractivity contribution < 1.29 is 18.7 Å². The minimum atomic E-state index is -0.865. The maximum Gasteiger partial charge on any atom is 0.351 e. The van der Waals surface area contributed by atoms with E-state index in [0.717, 1.165) is 16.6 Å². The number of fused-ring (bicyclic) bond motifs is 1. The van der Waals surface area contributed by atoms with Gasteiger partial charge in [0.25, 0.3) is 0 Å². The molecule has 0 aliphatic heterocycles. The van der Waals surface area contributed by atoms with Gasteiger partial charge in [-0.3, -0.25) is 0 Å². The number of benzene rings is 3. The number of hydrogen-bond donors (Lipinski definition) is 0. The highest BCUT2D eigenvalue weighted by Crippen LogP contribution is 2.28. The van der Waals surface area contributed by atoms with Crippen molar-refractivity contribution in [3.05, 3.63) is 90.4 Å². The third kappa shape index (κ3) is 3.44. The molecule has 4 aromatic rings. The molecule has 0 spiro atoms. The van der Waals surface area contributed by atoms with E-state index in [9.17, 15) is 9.18 Å². The van der Waals surface area contributed by atoms with E-state index in [0.29, 0.717) is 11.3 Å². The summed E-state index contributed by atoms with van der Waals surface area (Å²) in [5.74, 6) is -0.260. The summed E-state index contributed by atoms with van der Waals surface area (Å²) in [6.07, 6.45) is 0.831.